The average molecular weight is 203 g/mol. The number of hydrogen-bond acceptors (Lipinski definition) is 2. The second-order valence-electron chi connectivity index (χ2n) is 3.16. The molecule has 0 aliphatic carbocycles. The third kappa shape index (κ3) is 5.61. The maximum atomic E-state index is 5.35. The molecule has 2 heteroatoms. The summed E-state index contributed by atoms with van der Waals surface area (Å²) in [6.07, 6.45) is 0. The summed E-state index contributed by atoms with van der Waals surface area (Å²) >= 11 is 0. The van der Waals surface area contributed by atoms with Gasteiger partial charge in [-0.1, -0.05) is 41.5 Å². The number of hydrogen-bond donors (Lipinski definition) is 0. The van der Waals surface area contributed by atoms with Crippen LogP contribution in [0.4, 0.5) is 0 Å². The Labute approximate surface area is 90.6 Å². The molecule has 88 valence electrons. The summed E-state index contributed by atoms with van der Waals surface area (Å²) in [7, 11) is 2.16. The first kappa shape index (κ1) is 16.4. The van der Waals surface area contributed by atoms with E-state index in [4.69, 9.17) is 4.74 Å². The standard InChI is InChI=1S/C8H17NO.2C2H6/c1-4-9(3)8-6-10-5-7(8)2;2*1-2/h7-8H,4-6H2,1-3H3;2*1-2H3. The van der Waals surface area contributed by atoms with E-state index in [0.29, 0.717) is 12.0 Å². The highest BCUT2D eigenvalue weighted by Gasteiger charge is 2.26. The second kappa shape index (κ2) is 11.0. The van der Waals surface area contributed by atoms with Crippen LogP contribution in [0.5, 0.6) is 0 Å². The summed E-state index contributed by atoms with van der Waals surface area (Å²) < 4.78 is 5.35. The third-order valence-corrected chi connectivity index (χ3v) is 2.39. The highest BCUT2D eigenvalue weighted by Crippen LogP contribution is 2.16. The van der Waals surface area contributed by atoms with E-state index in [-0.39, 0.29) is 0 Å². The van der Waals surface area contributed by atoms with Crippen LogP contribution in [0.2, 0.25) is 0 Å². The van der Waals surface area contributed by atoms with Gasteiger partial charge in [0, 0.05) is 6.04 Å². The van der Waals surface area contributed by atoms with Gasteiger partial charge in [-0.25, -0.2) is 0 Å². The number of ether oxygens (including phenoxy) is 1. The molecule has 0 bridgehead atoms. The lowest BCUT2D eigenvalue weighted by Crippen LogP contribution is -2.36. The molecule has 1 heterocycles. The third-order valence-electron chi connectivity index (χ3n) is 2.39. The number of rotatable bonds is 2. The van der Waals surface area contributed by atoms with Gasteiger partial charge in [0.25, 0.3) is 0 Å². The highest BCUT2D eigenvalue weighted by atomic mass is 16.5. The van der Waals surface area contributed by atoms with Gasteiger partial charge >= 0.3 is 0 Å². The molecule has 1 rings (SSSR count). The fourth-order valence-electron chi connectivity index (χ4n) is 1.45. The Balaban J connectivity index is 0. The zero-order valence-corrected chi connectivity index (χ0v) is 11.1. The molecule has 2 atom stereocenters. The van der Waals surface area contributed by atoms with Gasteiger partial charge in [0.15, 0.2) is 0 Å². The molecule has 14 heavy (non-hydrogen) atoms. The molecular formula is C12H29NO. The zero-order chi connectivity index (χ0) is 11.6. The van der Waals surface area contributed by atoms with Gasteiger partial charge in [0.05, 0.1) is 13.2 Å². The predicted octanol–water partition coefficient (Wildman–Crippen LogP) is 3.03. The summed E-state index contributed by atoms with van der Waals surface area (Å²) in [4.78, 5) is 2.36. The Morgan fingerprint density at radius 3 is 1.93 bits per heavy atom. The Kier molecular flexibility index (Phi) is 12.8. The molecule has 0 spiro atoms. The van der Waals surface area contributed by atoms with Crippen LogP contribution in [0.1, 0.15) is 41.5 Å². The topological polar surface area (TPSA) is 12.5 Å². The van der Waals surface area contributed by atoms with E-state index in [1.165, 1.54) is 0 Å². The summed E-state index contributed by atoms with van der Waals surface area (Å²) in [6, 6.07) is 0.657. The van der Waals surface area contributed by atoms with Gasteiger partial charge in [0.2, 0.25) is 0 Å². The SMILES string of the molecule is CC.CC.CCN(C)C1COCC1C. The summed E-state index contributed by atoms with van der Waals surface area (Å²) in [5, 5.41) is 0. The Morgan fingerprint density at radius 1 is 1.14 bits per heavy atom. The van der Waals surface area contributed by atoms with Crippen molar-refractivity contribution < 1.29 is 4.74 Å². The van der Waals surface area contributed by atoms with Gasteiger partial charge in [-0.2, -0.15) is 0 Å². The quantitative estimate of drug-likeness (QED) is 0.684. The molecule has 0 aromatic carbocycles. The summed E-state index contributed by atoms with van der Waals surface area (Å²) in [6.45, 7) is 15.4. The molecular weight excluding hydrogens is 174 g/mol. The van der Waals surface area contributed by atoms with Crippen molar-refractivity contribution in [2.45, 2.75) is 47.6 Å². The van der Waals surface area contributed by atoms with Crippen LogP contribution in [0, 0.1) is 5.92 Å². The van der Waals surface area contributed by atoms with Crippen molar-refractivity contribution in [2.75, 3.05) is 26.8 Å². The molecule has 1 fully saturated rings. The molecule has 2 unspecified atom stereocenters. The van der Waals surface area contributed by atoms with Crippen LogP contribution in [-0.4, -0.2) is 37.7 Å². The van der Waals surface area contributed by atoms with Gasteiger partial charge in [-0.05, 0) is 19.5 Å². The highest BCUT2D eigenvalue weighted by molar-refractivity contribution is 4.78. The van der Waals surface area contributed by atoms with Crippen LogP contribution >= 0.6 is 0 Å². The minimum Gasteiger partial charge on any atom is -0.379 e. The Morgan fingerprint density at radius 2 is 1.64 bits per heavy atom. The Hall–Kier alpha value is -0.0800. The molecule has 1 saturated heterocycles. The van der Waals surface area contributed by atoms with E-state index in [1.807, 2.05) is 27.7 Å². The van der Waals surface area contributed by atoms with Crippen LogP contribution < -0.4 is 0 Å². The maximum Gasteiger partial charge on any atom is 0.0625 e. The summed E-state index contributed by atoms with van der Waals surface area (Å²) in [5.74, 6) is 0.713. The van der Waals surface area contributed by atoms with Crippen LogP contribution in [0.25, 0.3) is 0 Å². The van der Waals surface area contributed by atoms with Gasteiger partial charge in [0.1, 0.15) is 0 Å². The molecule has 0 aromatic heterocycles. The molecule has 0 N–H and O–H groups in total. The first-order valence-corrected chi connectivity index (χ1v) is 6.03. The number of nitrogens with zero attached hydrogens (tertiary/aromatic N) is 1. The Bertz CT molecular complexity index is 106. The molecule has 1 aliphatic heterocycles. The maximum absolute atomic E-state index is 5.35. The smallest absolute Gasteiger partial charge is 0.0625 e. The van der Waals surface area contributed by atoms with Gasteiger partial charge in [-0.3, -0.25) is 0 Å². The van der Waals surface area contributed by atoms with E-state index in [9.17, 15) is 0 Å². The summed E-state index contributed by atoms with van der Waals surface area (Å²) in [5.41, 5.74) is 0. The predicted molar refractivity (Wildman–Crippen MR) is 64.8 cm³/mol. The van der Waals surface area contributed by atoms with Crippen molar-refractivity contribution in [1.82, 2.24) is 4.90 Å². The molecule has 0 amide bonds. The van der Waals surface area contributed by atoms with Crippen molar-refractivity contribution >= 4 is 0 Å². The fourth-order valence-corrected chi connectivity index (χ4v) is 1.45. The van der Waals surface area contributed by atoms with E-state index < -0.39 is 0 Å². The fraction of sp³-hybridized carbons (Fsp3) is 1.00. The van der Waals surface area contributed by atoms with Crippen molar-refractivity contribution in [1.29, 1.82) is 0 Å². The van der Waals surface area contributed by atoms with Crippen LogP contribution in [-0.2, 0) is 4.74 Å². The molecule has 0 radical (unpaired) electrons. The first-order valence-electron chi connectivity index (χ1n) is 6.03. The van der Waals surface area contributed by atoms with Crippen molar-refractivity contribution in [3.8, 4) is 0 Å². The second-order valence-corrected chi connectivity index (χ2v) is 3.16. The van der Waals surface area contributed by atoms with Crippen LogP contribution in [0.15, 0.2) is 0 Å². The monoisotopic (exact) mass is 203 g/mol. The van der Waals surface area contributed by atoms with Crippen molar-refractivity contribution in [3.63, 3.8) is 0 Å². The largest absolute Gasteiger partial charge is 0.379 e. The van der Waals surface area contributed by atoms with E-state index in [1.54, 1.807) is 0 Å². The molecule has 1 aliphatic rings. The van der Waals surface area contributed by atoms with E-state index in [0.717, 1.165) is 19.8 Å². The minimum atomic E-state index is 0.657. The molecule has 2 nitrogen and oxygen atoms in total. The first-order chi connectivity index (χ1) is 6.75. The van der Waals surface area contributed by atoms with Gasteiger partial charge in [-0.15, -0.1) is 0 Å². The molecule has 0 saturated carbocycles. The zero-order valence-electron chi connectivity index (χ0n) is 11.1. The van der Waals surface area contributed by atoms with Crippen molar-refractivity contribution in [2.24, 2.45) is 5.92 Å². The van der Waals surface area contributed by atoms with E-state index >= 15 is 0 Å². The van der Waals surface area contributed by atoms with Crippen molar-refractivity contribution in [3.05, 3.63) is 0 Å². The lowest BCUT2D eigenvalue weighted by molar-refractivity contribution is 0.162. The average Bonchev–Trinajstić information content (AvgIpc) is 2.69. The van der Waals surface area contributed by atoms with Crippen LogP contribution in [0.3, 0.4) is 0 Å². The normalized spacial score (nSPS) is 24.9. The lowest BCUT2D eigenvalue weighted by atomic mass is 10.1. The lowest BCUT2D eigenvalue weighted by Gasteiger charge is -2.24. The van der Waals surface area contributed by atoms with E-state index in [2.05, 4.69) is 25.8 Å². The number of likely N-dealkylation sites (N-methyl/N-ethyl adjacent to an activating group) is 1. The minimum absolute atomic E-state index is 0.657. The molecule has 0 aromatic rings. The van der Waals surface area contributed by atoms with Gasteiger partial charge < -0.3 is 9.64 Å².